The molecule has 2 aliphatic rings. The minimum Gasteiger partial charge on any atom is -0.486 e. The van der Waals surface area contributed by atoms with Crippen molar-refractivity contribution in [2.45, 2.75) is 25.8 Å². The van der Waals surface area contributed by atoms with Crippen LogP contribution in [0.3, 0.4) is 0 Å². The van der Waals surface area contributed by atoms with Gasteiger partial charge in [-0.05, 0) is 37.5 Å². The van der Waals surface area contributed by atoms with E-state index in [1.54, 1.807) is 0 Å². The van der Waals surface area contributed by atoms with Gasteiger partial charge in [-0.15, -0.1) is 0 Å². The van der Waals surface area contributed by atoms with Crippen LogP contribution < -0.4 is 14.8 Å². The van der Waals surface area contributed by atoms with E-state index in [1.165, 1.54) is 22.7 Å². The maximum Gasteiger partial charge on any atom is 0.281 e. The molecule has 0 radical (unpaired) electrons. The average Bonchev–Trinajstić information content (AvgIpc) is 2.67. The molecule has 0 spiro atoms. The highest BCUT2D eigenvalue weighted by atomic mass is 32.2. The SMILES string of the molecule is C[C@@H](NC(=O)[C@H]1CCCN(S(=O)(=O)N(C)C)C1)c1ccc2c(c1)OCCO2. The number of amides is 1. The van der Waals surface area contributed by atoms with Gasteiger partial charge < -0.3 is 14.8 Å². The van der Waals surface area contributed by atoms with Crippen molar-refractivity contribution in [3.63, 3.8) is 0 Å². The first-order chi connectivity index (χ1) is 12.8. The molecule has 0 bridgehead atoms. The molecule has 27 heavy (non-hydrogen) atoms. The Morgan fingerprint density at radius 3 is 2.67 bits per heavy atom. The number of hydrogen-bond donors (Lipinski definition) is 1. The Bertz CT molecular complexity index is 796. The Kier molecular flexibility index (Phi) is 5.92. The Balaban J connectivity index is 1.64. The highest BCUT2D eigenvalue weighted by Gasteiger charge is 2.33. The van der Waals surface area contributed by atoms with Crippen molar-refractivity contribution in [3.8, 4) is 11.5 Å². The molecule has 0 saturated carbocycles. The van der Waals surface area contributed by atoms with Gasteiger partial charge in [0.05, 0.1) is 12.0 Å². The van der Waals surface area contributed by atoms with Crippen LogP contribution >= 0.6 is 0 Å². The second kappa shape index (κ2) is 8.04. The molecule has 8 nitrogen and oxygen atoms in total. The predicted octanol–water partition coefficient (Wildman–Crippen LogP) is 1.15. The Hall–Kier alpha value is -1.84. The fourth-order valence-corrected chi connectivity index (χ4v) is 4.53. The molecule has 2 atom stereocenters. The number of nitrogens with zero attached hydrogens (tertiary/aromatic N) is 2. The van der Waals surface area contributed by atoms with Crippen molar-refractivity contribution < 1.29 is 22.7 Å². The van der Waals surface area contributed by atoms with Crippen LogP contribution in [0.4, 0.5) is 0 Å². The van der Waals surface area contributed by atoms with Crippen LogP contribution in [0.15, 0.2) is 18.2 Å². The van der Waals surface area contributed by atoms with E-state index in [9.17, 15) is 13.2 Å². The van der Waals surface area contributed by atoms with E-state index in [-0.39, 0.29) is 24.4 Å². The van der Waals surface area contributed by atoms with E-state index >= 15 is 0 Å². The van der Waals surface area contributed by atoms with Gasteiger partial charge in [0.15, 0.2) is 11.5 Å². The summed E-state index contributed by atoms with van der Waals surface area (Å²) in [5.41, 5.74) is 0.918. The molecular formula is C18H27N3O5S. The summed E-state index contributed by atoms with van der Waals surface area (Å²) >= 11 is 0. The predicted molar refractivity (Wildman–Crippen MR) is 101 cm³/mol. The largest absolute Gasteiger partial charge is 0.486 e. The van der Waals surface area contributed by atoms with Gasteiger partial charge in [-0.25, -0.2) is 0 Å². The first-order valence-corrected chi connectivity index (χ1v) is 10.6. The van der Waals surface area contributed by atoms with Gasteiger partial charge >= 0.3 is 0 Å². The summed E-state index contributed by atoms with van der Waals surface area (Å²) in [6.07, 6.45) is 1.35. The van der Waals surface area contributed by atoms with Gasteiger partial charge in [0.1, 0.15) is 13.2 Å². The van der Waals surface area contributed by atoms with E-state index in [0.717, 1.165) is 5.56 Å². The lowest BCUT2D eigenvalue weighted by molar-refractivity contribution is -0.126. The smallest absolute Gasteiger partial charge is 0.281 e. The lowest BCUT2D eigenvalue weighted by Gasteiger charge is -2.33. The molecule has 1 aromatic carbocycles. The lowest BCUT2D eigenvalue weighted by Crippen LogP contribution is -2.49. The number of ether oxygens (including phenoxy) is 2. The Morgan fingerprint density at radius 1 is 1.26 bits per heavy atom. The average molecular weight is 397 g/mol. The minimum atomic E-state index is -3.50. The monoisotopic (exact) mass is 397 g/mol. The van der Waals surface area contributed by atoms with E-state index in [4.69, 9.17) is 9.47 Å². The molecule has 150 valence electrons. The third-order valence-electron chi connectivity index (χ3n) is 4.97. The maximum atomic E-state index is 12.7. The van der Waals surface area contributed by atoms with Crippen molar-refractivity contribution in [3.05, 3.63) is 23.8 Å². The molecule has 1 saturated heterocycles. The molecule has 3 rings (SSSR count). The van der Waals surface area contributed by atoms with E-state index in [1.807, 2.05) is 25.1 Å². The molecular weight excluding hydrogens is 370 g/mol. The normalized spacial score (nSPS) is 21.7. The van der Waals surface area contributed by atoms with E-state index in [2.05, 4.69) is 5.32 Å². The fourth-order valence-electron chi connectivity index (χ4n) is 3.34. The van der Waals surface area contributed by atoms with Gasteiger partial charge in [0.2, 0.25) is 5.91 Å². The topological polar surface area (TPSA) is 88.2 Å². The van der Waals surface area contributed by atoms with Crippen molar-refractivity contribution in [1.29, 1.82) is 0 Å². The van der Waals surface area contributed by atoms with E-state index < -0.39 is 10.2 Å². The number of rotatable bonds is 5. The van der Waals surface area contributed by atoms with Crippen LogP contribution in [0.25, 0.3) is 0 Å². The molecule has 1 N–H and O–H groups in total. The zero-order chi connectivity index (χ0) is 19.6. The maximum absolute atomic E-state index is 12.7. The zero-order valence-electron chi connectivity index (χ0n) is 16.0. The van der Waals surface area contributed by atoms with Gasteiger partial charge in [-0.2, -0.15) is 17.0 Å². The van der Waals surface area contributed by atoms with Crippen molar-refractivity contribution in [2.75, 3.05) is 40.4 Å². The molecule has 1 amide bonds. The molecule has 0 unspecified atom stereocenters. The minimum absolute atomic E-state index is 0.129. The number of carbonyl (C=O) groups excluding carboxylic acids is 1. The summed E-state index contributed by atoms with van der Waals surface area (Å²) in [6.45, 7) is 3.60. The second-order valence-electron chi connectivity index (χ2n) is 7.12. The van der Waals surface area contributed by atoms with Crippen LogP contribution in [0, 0.1) is 5.92 Å². The van der Waals surface area contributed by atoms with Crippen molar-refractivity contribution >= 4 is 16.1 Å². The fraction of sp³-hybridized carbons (Fsp3) is 0.611. The molecule has 2 heterocycles. The third-order valence-corrected chi connectivity index (χ3v) is 6.87. The van der Waals surface area contributed by atoms with Crippen LogP contribution in [0.5, 0.6) is 11.5 Å². The molecule has 1 fully saturated rings. The van der Waals surface area contributed by atoms with Gasteiger partial charge in [-0.3, -0.25) is 4.79 Å². The number of nitrogens with one attached hydrogen (secondary N) is 1. The standard InChI is InChI=1S/C18H27N3O5S/c1-13(14-6-7-16-17(11-14)26-10-9-25-16)19-18(22)15-5-4-8-21(12-15)27(23,24)20(2)3/h6-7,11,13,15H,4-5,8-10,12H2,1-3H3,(H,19,22)/t13-,15+/m1/s1. The number of fused-ring (bicyclic) bond motifs is 1. The number of piperidine rings is 1. The number of carbonyl (C=O) groups is 1. The Morgan fingerprint density at radius 2 is 1.96 bits per heavy atom. The second-order valence-corrected chi connectivity index (χ2v) is 9.26. The molecule has 0 aromatic heterocycles. The molecule has 2 aliphatic heterocycles. The quantitative estimate of drug-likeness (QED) is 0.805. The zero-order valence-corrected chi connectivity index (χ0v) is 16.8. The highest BCUT2D eigenvalue weighted by Crippen LogP contribution is 2.32. The summed E-state index contributed by atoms with van der Waals surface area (Å²) in [5, 5.41) is 3.00. The third kappa shape index (κ3) is 4.36. The van der Waals surface area contributed by atoms with Crippen LogP contribution in [-0.4, -0.2) is 63.3 Å². The number of hydrogen-bond acceptors (Lipinski definition) is 5. The van der Waals surface area contributed by atoms with Gasteiger partial charge in [0.25, 0.3) is 10.2 Å². The summed E-state index contributed by atoms with van der Waals surface area (Å²) in [7, 11) is -0.495. The van der Waals surface area contributed by atoms with Gasteiger partial charge in [0, 0.05) is 27.2 Å². The first-order valence-electron chi connectivity index (χ1n) is 9.16. The van der Waals surface area contributed by atoms with Crippen LogP contribution in [0.1, 0.15) is 31.4 Å². The summed E-state index contributed by atoms with van der Waals surface area (Å²) in [4.78, 5) is 12.7. The van der Waals surface area contributed by atoms with Crippen LogP contribution in [0.2, 0.25) is 0 Å². The van der Waals surface area contributed by atoms with E-state index in [0.29, 0.717) is 44.1 Å². The summed E-state index contributed by atoms with van der Waals surface area (Å²) in [6, 6.07) is 5.41. The lowest BCUT2D eigenvalue weighted by atomic mass is 9.97. The molecule has 0 aliphatic carbocycles. The first kappa shape index (κ1) is 19.9. The Labute approximate surface area is 160 Å². The number of benzene rings is 1. The molecule has 1 aromatic rings. The highest BCUT2D eigenvalue weighted by molar-refractivity contribution is 7.86. The van der Waals surface area contributed by atoms with Gasteiger partial charge in [-0.1, -0.05) is 6.07 Å². The summed E-state index contributed by atoms with van der Waals surface area (Å²) < 4.78 is 38.3. The van der Waals surface area contributed by atoms with Crippen LogP contribution in [-0.2, 0) is 15.0 Å². The van der Waals surface area contributed by atoms with Crippen molar-refractivity contribution in [1.82, 2.24) is 13.9 Å². The van der Waals surface area contributed by atoms with Crippen molar-refractivity contribution in [2.24, 2.45) is 5.92 Å². The summed E-state index contributed by atoms with van der Waals surface area (Å²) in [5.74, 6) is 0.908. The molecule has 9 heteroatoms.